The van der Waals surface area contributed by atoms with Gasteiger partial charge in [0.15, 0.2) is 0 Å². The first-order valence-electron chi connectivity index (χ1n) is 8.69. The highest BCUT2D eigenvalue weighted by Crippen LogP contribution is 2.27. The summed E-state index contributed by atoms with van der Waals surface area (Å²) in [6.07, 6.45) is 0. The molecule has 3 rings (SSSR count). The summed E-state index contributed by atoms with van der Waals surface area (Å²) >= 11 is 6.04. The van der Waals surface area contributed by atoms with Gasteiger partial charge >= 0.3 is 6.03 Å². The number of amides is 2. The van der Waals surface area contributed by atoms with Crippen LogP contribution >= 0.6 is 11.6 Å². The van der Waals surface area contributed by atoms with Crippen LogP contribution < -0.4 is 15.0 Å². The van der Waals surface area contributed by atoms with E-state index in [0.717, 1.165) is 29.2 Å². The van der Waals surface area contributed by atoms with Gasteiger partial charge < -0.3 is 19.9 Å². The van der Waals surface area contributed by atoms with Gasteiger partial charge in [0.05, 0.1) is 12.8 Å². The number of hydrogen-bond donors (Lipinski definition) is 1. The minimum absolute atomic E-state index is 0.0959. The summed E-state index contributed by atoms with van der Waals surface area (Å²) in [5.41, 5.74) is 4.10. The molecule has 0 bridgehead atoms. The van der Waals surface area contributed by atoms with Crippen molar-refractivity contribution in [1.29, 1.82) is 0 Å². The molecule has 2 amide bonds. The van der Waals surface area contributed by atoms with E-state index in [1.54, 1.807) is 7.11 Å². The highest BCUT2D eigenvalue weighted by Gasteiger charge is 2.23. The number of aryl methyl sites for hydroxylation is 2. The lowest BCUT2D eigenvalue weighted by Crippen LogP contribution is -2.50. The highest BCUT2D eigenvalue weighted by atomic mass is 35.5. The number of halogens is 1. The third-order valence-corrected chi connectivity index (χ3v) is 4.90. The number of rotatable bonds is 3. The Bertz CT molecular complexity index is 802. The molecule has 5 nitrogen and oxygen atoms in total. The van der Waals surface area contributed by atoms with Gasteiger partial charge in [-0.3, -0.25) is 0 Å². The van der Waals surface area contributed by atoms with E-state index in [0.29, 0.717) is 24.5 Å². The molecule has 0 aliphatic carbocycles. The van der Waals surface area contributed by atoms with E-state index < -0.39 is 0 Å². The molecule has 1 N–H and O–H groups in total. The van der Waals surface area contributed by atoms with Gasteiger partial charge in [-0.05, 0) is 55.3 Å². The number of ether oxygens (including phenoxy) is 1. The largest absolute Gasteiger partial charge is 0.495 e. The van der Waals surface area contributed by atoms with Crippen molar-refractivity contribution >= 4 is 29.0 Å². The van der Waals surface area contributed by atoms with Gasteiger partial charge in [0.2, 0.25) is 0 Å². The molecule has 1 fully saturated rings. The summed E-state index contributed by atoms with van der Waals surface area (Å²) in [5.74, 6) is 0.666. The van der Waals surface area contributed by atoms with Crippen molar-refractivity contribution in [2.24, 2.45) is 0 Å². The number of anilines is 2. The minimum Gasteiger partial charge on any atom is -0.495 e. The van der Waals surface area contributed by atoms with Gasteiger partial charge in [0, 0.05) is 36.9 Å². The average molecular weight is 374 g/mol. The van der Waals surface area contributed by atoms with Crippen LogP contribution in [0.3, 0.4) is 0 Å². The van der Waals surface area contributed by atoms with Crippen LogP contribution in [0.15, 0.2) is 36.4 Å². The molecule has 0 atom stereocenters. The number of nitrogens with one attached hydrogen (secondary N) is 1. The van der Waals surface area contributed by atoms with E-state index in [4.69, 9.17) is 16.3 Å². The Morgan fingerprint density at radius 1 is 1.08 bits per heavy atom. The maximum Gasteiger partial charge on any atom is 0.322 e. The number of benzene rings is 2. The van der Waals surface area contributed by atoms with E-state index in [2.05, 4.69) is 17.1 Å². The smallest absolute Gasteiger partial charge is 0.322 e. The van der Waals surface area contributed by atoms with Crippen LogP contribution in [0.5, 0.6) is 5.75 Å². The lowest BCUT2D eigenvalue weighted by atomic mass is 10.1. The number of carbonyl (C=O) groups excluding carboxylic acids is 1. The molecule has 26 heavy (non-hydrogen) atoms. The lowest BCUT2D eigenvalue weighted by molar-refractivity contribution is 0.208. The van der Waals surface area contributed by atoms with Crippen molar-refractivity contribution in [2.45, 2.75) is 13.8 Å². The van der Waals surface area contributed by atoms with Crippen molar-refractivity contribution < 1.29 is 9.53 Å². The fraction of sp³-hybridized carbons (Fsp3) is 0.350. The molecule has 2 aromatic carbocycles. The zero-order chi connectivity index (χ0) is 18.7. The summed E-state index contributed by atoms with van der Waals surface area (Å²) in [6.45, 7) is 6.97. The van der Waals surface area contributed by atoms with Crippen LogP contribution in [0.25, 0.3) is 0 Å². The van der Waals surface area contributed by atoms with Crippen LogP contribution in [-0.4, -0.2) is 44.2 Å². The highest BCUT2D eigenvalue weighted by molar-refractivity contribution is 6.30. The van der Waals surface area contributed by atoms with Crippen molar-refractivity contribution in [3.63, 3.8) is 0 Å². The minimum atomic E-state index is -0.0959. The second-order valence-corrected chi connectivity index (χ2v) is 6.98. The second-order valence-electron chi connectivity index (χ2n) is 6.54. The molecule has 0 saturated carbocycles. The topological polar surface area (TPSA) is 44.8 Å². The number of carbonyl (C=O) groups is 1. The molecule has 1 aliphatic heterocycles. The predicted octanol–water partition coefficient (Wildman–Crippen LogP) is 4.32. The first kappa shape index (κ1) is 18.4. The maximum absolute atomic E-state index is 12.6. The molecule has 1 heterocycles. The van der Waals surface area contributed by atoms with Crippen molar-refractivity contribution in [2.75, 3.05) is 43.5 Å². The molecule has 138 valence electrons. The molecule has 0 unspecified atom stereocenters. The SMILES string of the molecule is COc1ccc(C)cc1NC(=O)N1CCN(c2ccc(Cl)cc2C)CC1. The van der Waals surface area contributed by atoms with E-state index in [9.17, 15) is 4.79 Å². The Balaban J connectivity index is 1.63. The first-order valence-corrected chi connectivity index (χ1v) is 9.07. The van der Waals surface area contributed by atoms with E-state index >= 15 is 0 Å². The molecule has 1 aliphatic rings. The van der Waals surface area contributed by atoms with E-state index in [1.165, 1.54) is 5.69 Å². The fourth-order valence-corrected chi connectivity index (χ4v) is 3.46. The van der Waals surface area contributed by atoms with Crippen LogP contribution in [0, 0.1) is 13.8 Å². The number of hydrogen-bond acceptors (Lipinski definition) is 3. The van der Waals surface area contributed by atoms with Crippen molar-refractivity contribution in [1.82, 2.24) is 4.90 Å². The Labute approximate surface area is 159 Å². The summed E-state index contributed by atoms with van der Waals surface area (Å²) < 4.78 is 5.33. The third kappa shape index (κ3) is 4.05. The molecule has 0 aromatic heterocycles. The maximum atomic E-state index is 12.6. The van der Waals surface area contributed by atoms with Gasteiger partial charge in [0.1, 0.15) is 5.75 Å². The average Bonchev–Trinajstić information content (AvgIpc) is 2.62. The Morgan fingerprint density at radius 2 is 1.81 bits per heavy atom. The molecular formula is C20H24ClN3O2. The molecule has 0 radical (unpaired) electrons. The molecular weight excluding hydrogens is 350 g/mol. The Morgan fingerprint density at radius 3 is 2.46 bits per heavy atom. The fourth-order valence-electron chi connectivity index (χ4n) is 3.24. The molecule has 6 heteroatoms. The molecule has 2 aromatic rings. The monoisotopic (exact) mass is 373 g/mol. The lowest BCUT2D eigenvalue weighted by Gasteiger charge is -2.36. The van der Waals surface area contributed by atoms with Crippen molar-refractivity contribution in [3.8, 4) is 5.75 Å². The van der Waals surface area contributed by atoms with Crippen LogP contribution in [0.1, 0.15) is 11.1 Å². The van der Waals surface area contributed by atoms with Gasteiger partial charge in [-0.2, -0.15) is 0 Å². The normalized spacial score (nSPS) is 14.3. The zero-order valence-corrected chi connectivity index (χ0v) is 16.1. The quantitative estimate of drug-likeness (QED) is 0.871. The van der Waals surface area contributed by atoms with Gasteiger partial charge in [0.25, 0.3) is 0 Å². The summed E-state index contributed by atoms with van der Waals surface area (Å²) in [5, 5.41) is 3.72. The molecule has 0 spiro atoms. The van der Waals surface area contributed by atoms with Gasteiger partial charge in [-0.25, -0.2) is 4.79 Å². The first-order chi connectivity index (χ1) is 12.5. The number of urea groups is 1. The summed E-state index contributed by atoms with van der Waals surface area (Å²) in [6, 6.07) is 11.6. The number of nitrogens with zero attached hydrogens (tertiary/aromatic N) is 2. The van der Waals surface area contributed by atoms with Crippen molar-refractivity contribution in [3.05, 3.63) is 52.5 Å². The van der Waals surface area contributed by atoms with Gasteiger partial charge in [-0.1, -0.05) is 17.7 Å². The van der Waals surface area contributed by atoms with Crippen LogP contribution in [0.2, 0.25) is 5.02 Å². The standard InChI is InChI=1S/C20H24ClN3O2/c1-14-4-7-19(26-3)17(12-14)22-20(25)24-10-8-23(9-11-24)18-6-5-16(21)13-15(18)2/h4-7,12-13H,8-11H2,1-3H3,(H,22,25). The summed E-state index contributed by atoms with van der Waals surface area (Å²) in [7, 11) is 1.60. The Hall–Kier alpha value is -2.40. The summed E-state index contributed by atoms with van der Waals surface area (Å²) in [4.78, 5) is 16.8. The third-order valence-electron chi connectivity index (χ3n) is 4.66. The second kappa shape index (κ2) is 7.87. The number of methoxy groups -OCH3 is 1. The Kier molecular flexibility index (Phi) is 5.57. The van der Waals surface area contributed by atoms with Crippen LogP contribution in [0.4, 0.5) is 16.2 Å². The van der Waals surface area contributed by atoms with Gasteiger partial charge in [-0.15, -0.1) is 0 Å². The van der Waals surface area contributed by atoms with Crippen LogP contribution in [-0.2, 0) is 0 Å². The zero-order valence-electron chi connectivity index (χ0n) is 15.4. The van der Waals surface area contributed by atoms with E-state index in [1.807, 2.05) is 48.2 Å². The molecule has 1 saturated heterocycles. The van der Waals surface area contributed by atoms with E-state index in [-0.39, 0.29) is 6.03 Å². The predicted molar refractivity (Wildman–Crippen MR) is 107 cm³/mol. The number of piperazine rings is 1.